The minimum atomic E-state index is -0.0907. The van der Waals surface area contributed by atoms with E-state index in [9.17, 15) is 9.59 Å². The Hall–Kier alpha value is -2.11. The minimum Gasteiger partial charge on any atom is -0.322 e. The maximum absolute atomic E-state index is 12.5. The quantitative estimate of drug-likeness (QED) is 0.528. The zero-order valence-corrected chi connectivity index (χ0v) is 20.9. The number of carbonyl (C=O) groups is 2. The SMILES string of the molecule is Cc1cccc(C)c1CC(=O)C[n+]1ccn(CC(=O)Nc2c(C)cccc2C)c1.[Y]. The Morgan fingerprint density at radius 1 is 0.933 bits per heavy atom. The molecule has 0 spiro atoms. The van der Waals surface area contributed by atoms with Crippen LogP contribution in [0.2, 0.25) is 0 Å². The second-order valence-corrected chi connectivity index (χ2v) is 7.66. The number of rotatable bonds is 7. The van der Waals surface area contributed by atoms with Gasteiger partial charge in [0, 0.05) is 44.8 Å². The van der Waals surface area contributed by atoms with Crippen molar-refractivity contribution in [2.24, 2.45) is 0 Å². The first kappa shape index (κ1) is 24.2. The summed E-state index contributed by atoms with van der Waals surface area (Å²) in [4.78, 5) is 25.0. The van der Waals surface area contributed by atoms with Crippen molar-refractivity contribution < 1.29 is 46.9 Å². The number of benzene rings is 2. The first-order valence-corrected chi connectivity index (χ1v) is 9.81. The molecule has 1 amide bonds. The number of Topliss-reactive ketones (excluding diaryl/α,β-unsaturated/α-hetero) is 1. The summed E-state index contributed by atoms with van der Waals surface area (Å²) in [5.74, 6) is 0.0529. The Bertz CT molecular complexity index is 934. The molecule has 0 aliphatic carbocycles. The molecule has 0 fully saturated rings. The molecule has 1 heterocycles. The van der Waals surface area contributed by atoms with Crippen LogP contribution in [-0.4, -0.2) is 16.3 Å². The normalized spacial score (nSPS) is 10.4. The summed E-state index contributed by atoms with van der Waals surface area (Å²) >= 11 is 0. The van der Waals surface area contributed by atoms with Gasteiger partial charge < -0.3 is 5.32 Å². The van der Waals surface area contributed by atoms with Gasteiger partial charge in [-0.1, -0.05) is 36.4 Å². The van der Waals surface area contributed by atoms with E-state index in [-0.39, 0.29) is 50.9 Å². The van der Waals surface area contributed by atoms with Crippen molar-refractivity contribution in [3.63, 3.8) is 0 Å². The van der Waals surface area contributed by atoms with Gasteiger partial charge in [0.25, 0.3) is 5.91 Å². The number of nitrogens with one attached hydrogen (secondary N) is 1. The molecule has 0 aliphatic rings. The summed E-state index contributed by atoms with van der Waals surface area (Å²) in [6, 6.07) is 12.0. The number of imidazole rings is 1. The smallest absolute Gasteiger partial charge is 0.266 e. The number of hydrogen-bond acceptors (Lipinski definition) is 2. The van der Waals surface area contributed by atoms with E-state index in [0.717, 1.165) is 33.5 Å². The van der Waals surface area contributed by atoms with Crippen LogP contribution in [0.1, 0.15) is 27.8 Å². The van der Waals surface area contributed by atoms with Crippen LogP contribution in [0, 0.1) is 27.7 Å². The van der Waals surface area contributed by atoms with Gasteiger partial charge in [-0.05, 0) is 55.5 Å². The van der Waals surface area contributed by atoms with E-state index in [1.165, 1.54) is 0 Å². The van der Waals surface area contributed by atoms with E-state index >= 15 is 0 Å². The number of para-hydroxylation sites is 1. The van der Waals surface area contributed by atoms with Gasteiger partial charge in [0.15, 0.2) is 12.3 Å². The second-order valence-electron chi connectivity index (χ2n) is 7.66. The topological polar surface area (TPSA) is 55.0 Å². The molecule has 1 aromatic heterocycles. The third kappa shape index (κ3) is 6.20. The Balaban J connectivity index is 0.00000320. The number of amides is 1. The molecular formula is C24H28N3O2Y+. The summed E-state index contributed by atoms with van der Waals surface area (Å²) < 4.78 is 3.61. The summed E-state index contributed by atoms with van der Waals surface area (Å²) in [5.41, 5.74) is 6.33. The number of aryl methyl sites for hydroxylation is 4. The monoisotopic (exact) mass is 479 g/mol. The molecule has 1 N–H and O–H groups in total. The summed E-state index contributed by atoms with van der Waals surface area (Å²) in [6.07, 6.45) is 5.86. The fourth-order valence-corrected chi connectivity index (χ4v) is 3.57. The largest absolute Gasteiger partial charge is 0.322 e. The Morgan fingerprint density at radius 3 is 2.10 bits per heavy atom. The van der Waals surface area contributed by atoms with Crippen molar-refractivity contribution in [3.8, 4) is 0 Å². The Morgan fingerprint density at radius 2 is 1.50 bits per heavy atom. The molecule has 0 bridgehead atoms. The van der Waals surface area contributed by atoms with Crippen molar-refractivity contribution in [2.75, 3.05) is 5.32 Å². The Labute approximate surface area is 203 Å². The number of nitrogens with zero attached hydrogens (tertiary/aromatic N) is 2. The van der Waals surface area contributed by atoms with Gasteiger partial charge in [-0.25, -0.2) is 9.13 Å². The molecule has 0 atom stereocenters. The molecule has 0 aliphatic heterocycles. The van der Waals surface area contributed by atoms with Crippen LogP contribution in [-0.2, 0) is 61.8 Å². The molecule has 1 radical (unpaired) electrons. The molecule has 30 heavy (non-hydrogen) atoms. The molecule has 6 heteroatoms. The second kappa shape index (κ2) is 10.8. The summed E-state index contributed by atoms with van der Waals surface area (Å²) in [5, 5.41) is 2.99. The summed E-state index contributed by atoms with van der Waals surface area (Å²) in [6.45, 7) is 8.52. The molecule has 0 saturated carbocycles. The number of carbonyl (C=O) groups excluding carboxylic acids is 2. The van der Waals surface area contributed by atoms with E-state index in [4.69, 9.17) is 0 Å². The molecular weight excluding hydrogens is 451 g/mol. The zero-order valence-electron chi connectivity index (χ0n) is 18.1. The average molecular weight is 479 g/mol. The first-order valence-electron chi connectivity index (χ1n) is 9.81. The van der Waals surface area contributed by atoms with Gasteiger partial charge in [0.05, 0.1) is 0 Å². The molecule has 3 rings (SSSR count). The van der Waals surface area contributed by atoms with Gasteiger partial charge in [0.1, 0.15) is 18.9 Å². The van der Waals surface area contributed by atoms with Crippen LogP contribution in [0.3, 0.4) is 0 Å². The van der Waals surface area contributed by atoms with Gasteiger partial charge in [-0.2, -0.15) is 0 Å². The van der Waals surface area contributed by atoms with Crippen molar-refractivity contribution in [2.45, 2.75) is 47.2 Å². The Kier molecular flexibility index (Phi) is 8.69. The van der Waals surface area contributed by atoms with E-state index < -0.39 is 0 Å². The standard InChI is InChI=1S/C24H27N3O2.Y/c1-17-7-5-8-18(2)22(17)13-21(28)14-26-11-12-27(16-26)15-23(29)25-24-19(3)9-6-10-20(24)4;/h5-12,16H,13-15H2,1-4H3;/p+1. The molecule has 3 aromatic rings. The van der Waals surface area contributed by atoms with Gasteiger partial charge >= 0.3 is 0 Å². The van der Waals surface area contributed by atoms with E-state index in [2.05, 4.69) is 5.32 Å². The van der Waals surface area contributed by atoms with E-state index in [1.807, 2.05) is 81.1 Å². The van der Waals surface area contributed by atoms with Crippen LogP contribution in [0.4, 0.5) is 5.69 Å². The van der Waals surface area contributed by atoms with Gasteiger partial charge in [-0.15, -0.1) is 0 Å². The molecule has 2 aromatic carbocycles. The van der Waals surface area contributed by atoms with Crippen LogP contribution < -0.4 is 9.88 Å². The minimum absolute atomic E-state index is 0. The van der Waals surface area contributed by atoms with Gasteiger partial charge in [-0.3, -0.25) is 9.59 Å². The average Bonchev–Trinajstić information content (AvgIpc) is 3.08. The molecule has 153 valence electrons. The zero-order chi connectivity index (χ0) is 21.0. The maximum atomic E-state index is 12.5. The summed E-state index contributed by atoms with van der Waals surface area (Å²) in [7, 11) is 0. The predicted molar refractivity (Wildman–Crippen MR) is 114 cm³/mol. The van der Waals surface area contributed by atoms with Crippen LogP contribution >= 0.6 is 0 Å². The van der Waals surface area contributed by atoms with E-state index in [0.29, 0.717) is 13.0 Å². The molecule has 5 nitrogen and oxygen atoms in total. The van der Waals surface area contributed by atoms with Crippen molar-refractivity contribution in [1.82, 2.24) is 4.57 Å². The molecule has 0 saturated heterocycles. The fourth-order valence-electron chi connectivity index (χ4n) is 3.57. The van der Waals surface area contributed by atoms with Crippen molar-refractivity contribution in [3.05, 3.63) is 82.9 Å². The van der Waals surface area contributed by atoms with Crippen molar-refractivity contribution >= 4 is 17.4 Å². The number of aromatic nitrogens is 2. The number of anilines is 1. The number of ketones is 1. The first-order chi connectivity index (χ1) is 13.8. The van der Waals surface area contributed by atoms with Crippen LogP contribution in [0.5, 0.6) is 0 Å². The molecule has 0 unspecified atom stereocenters. The van der Waals surface area contributed by atoms with E-state index in [1.54, 1.807) is 10.9 Å². The maximum Gasteiger partial charge on any atom is 0.266 e. The van der Waals surface area contributed by atoms with Crippen molar-refractivity contribution in [1.29, 1.82) is 0 Å². The number of hydrogen-bond donors (Lipinski definition) is 1. The van der Waals surface area contributed by atoms with Crippen LogP contribution in [0.15, 0.2) is 55.1 Å². The third-order valence-electron chi connectivity index (χ3n) is 5.20. The predicted octanol–water partition coefficient (Wildman–Crippen LogP) is 3.46. The van der Waals surface area contributed by atoms with Crippen LogP contribution in [0.25, 0.3) is 0 Å². The third-order valence-corrected chi connectivity index (χ3v) is 5.20. The van der Waals surface area contributed by atoms with Gasteiger partial charge in [0.2, 0.25) is 6.33 Å². The fraction of sp³-hybridized carbons (Fsp3) is 0.292.